The Bertz CT molecular complexity index is 3470. The Morgan fingerprint density at radius 2 is 0.982 bits per heavy atom. The van der Waals surface area contributed by atoms with E-state index in [4.69, 9.17) is 18.0 Å². The number of aliphatic hydroxyl groups is 1. The number of sulfone groups is 1. The first-order chi connectivity index (χ1) is 48.9. The summed E-state index contributed by atoms with van der Waals surface area (Å²) in [6, 6.07) is 1.97. The van der Waals surface area contributed by atoms with E-state index in [1.54, 1.807) is 68.4 Å². The van der Waals surface area contributed by atoms with Gasteiger partial charge >= 0.3 is 0 Å². The third-order valence-corrected chi connectivity index (χ3v) is 17.7. The molecule has 0 aliphatic heterocycles. The minimum absolute atomic E-state index is 0. The van der Waals surface area contributed by atoms with Crippen molar-refractivity contribution in [2.75, 3.05) is 13.2 Å². The van der Waals surface area contributed by atoms with Crippen LogP contribution in [0.5, 0.6) is 0 Å². The van der Waals surface area contributed by atoms with Gasteiger partial charge in [0.1, 0.15) is 5.82 Å². The number of sulfonamides is 1. The third kappa shape index (κ3) is 73.0. The van der Waals surface area contributed by atoms with Gasteiger partial charge in [0.15, 0.2) is 21.4 Å². The second-order valence-electron chi connectivity index (χ2n) is 37.4. The average molecular weight is 1610 g/mol. The molecule has 646 valence electrons. The fourth-order valence-corrected chi connectivity index (χ4v) is 8.99. The number of hydrogen-bond acceptors (Lipinski definition) is 13. The van der Waals surface area contributed by atoms with Gasteiger partial charge in [0.25, 0.3) is 5.91 Å². The molecule has 3 amide bonds. The Morgan fingerprint density at radius 3 is 1.17 bits per heavy atom. The number of amides is 3. The lowest BCUT2D eigenvalue weighted by molar-refractivity contribution is -0.130. The molecule has 19 heteroatoms. The van der Waals surface area contributed by atoms with E-state index in [1.807, 2.05) is 134 Å². The maximum atomic E-state index is 11.4. The molecule has 0 fully saturated rings. The van der Waals surface area contributed by atoms with E-state index in [-0.39, 0.29) is 106 Å². The molecule has 4 N–H and O–H groups in total. The Hall–Kier alpha value is -7.16. The van der Waals surface area contributed by atoms with Gasteiger partial charge < -0.3 is 20.6 Å². The highest BCUT2D eigenvalue weighted by atomic mass is 32.2. The van der Waals surface area contributed by atoms with Gasteiger partial charge in [0.05, 0.1) is 4.75 Å². The predicted octanol–water partition coefficient (Wildman–Crippen LogP) is 21.7. The highest BCUT2D eigenvalue weighted by Gasteiger charge is 2.27. The van der Waals surface area contributed by atoms with Crippen molar-refractivity contribution in [3.05, 3.63) is 145 Å². The molecule has 1 aromatic rings. The molecule has 0 saturated heterocycles. The summed E-state index contributed by atoms with van der Waals surface area (Å²) in [6.07, 6.45) is 34.0. The summed E-state index contributed by atoms with van der Waals surface area (Å²) < 4.78 is 45.1. The number of aromatic nitrogens is 2. The zero-order valence-electron chi connectivity index (χ0n) is 75.9. The van der Waals surface area contributed by atoms with Crippen LogP contribution in [0.4, 0.5) is 0 Å². The Kier molecular flexibility index (Phi) is 63.9. The van der Waals surface area contributed by atoms with Gasteiger partial charge in [-0.15, -0.1) is 12.8 Å². The molecule has 0 radical (unpaired) electrons. The molecule has 17 nitrogen and oxygen atoms in total. The van der Waals surface area contributed by atoms with Crippen LogP contribution in [0.15, 0.2) is 134 Å². The molecule has 3 rings (SSSR count). The minimum Gasteiger partial charge on any atom is -0.396 e. The number of ketones is 3. The van der Waals surface area contributed by atoms with Crippen LogP contribution in [0.1, 0.15) is 320 Å². The zero-order valence-corrected chi connectivity index (χ0v) is 77.6. The van der Waals surface area contributed by atoms with Gasteiger partial charge in [-0.2, -0.15) is 0 Å². The molecule has 112 heavy (non-hydrogen) atoms. The number of nitrogens with one attached hydrogen (secondary N) is 3. The molecular weight excluding hydrogens is 1440 g/mol. The van der Waals surface area contributed by atoms with E-state index in [1.165, 1.54) is 91.5 Å². The third-order valence-electron chi connectivity index (χ3n) is 14.2. The number of aryl methyl sites for hydroxylation is 1. The van der Waals surface area contributed by atoms with Crippen LogP contribution in [0.2, 0.25) is 0 Å². The van der Waals surface area contributed by atoms with Crippen LogP contribution in [0.3, 0.4) is 0 Å². The van der Waals surface area contributed by atoms with Crippen molar-refractivity contribution in [1.29, 1.82) is 0 Å². The van der Waals surface area contributed by atoms with Gasteiger partial charge in [-0.3, -0.25) is 28.8 Å². The van der Waals surface area contributed by atoms with Crippen molar-refractivity contribution in [1.82, 2.24) is 30.2 Å². The molecule has 0 atom stereocenters. The topological polar surface area (TPSA) is 256 Å². The van der Waals surface area contributed by atoms with Gasteiger partial charge in [-0.05, 0) is 244 Å². The zero-order chi connectivity index (χ0) is 89.5. The van der Waals surface area contributed by atoms with E-state index in [2.05, 4.69) is 159 Å². The van der Waals surface area contributed by atoms with Crippen LogP contribution in [0, 0.1) is 58.7 Å². The fraction of sp³-hybridized carbons (Fsp3) is 0.634. The lowest BCUT2D eigenvalue weighted by Crippen LogP contribution is -2.45. The predicted molar refractivity (Wildman–Crippen MR) is 486 cm³/mol. The van der Waals surface area contributed by atoms with Crippen LogP contribution >= 0.6 is 0 Å². The van der Waals surface area contributed by atoms with Gasteiger partial charge in [0, 0.05) is 79.7 Å². The SMILES string of the molecule is C.C.C#CC(=O)C(C)(C)C.C#CC(=O)NC(C)(C)C.C=C(C1=CCCC1)C(C)(C)C.C=C(C1=CCCCC1)C(C)(C)C.C=CC(=O)C(C)(C)C.C=CC(=O)N(CCC)C(C)(C)C.C=CC(=O)NC(C)(C)C.C=CS(=O)(=O)C(C)(C)C.C=CS(=O)(=O)NC(C)(C)C.CC(C)(C)C(=O)/C=C/CCO.Cc1nccc(C(C)(C)C)n1. The van der Waals surface area contributed by atoms with Crippen molar-refractivity contribution < 1.29 is 50.7 Å². The van der Waals surface area contributed by atoms with E-state index >= 15 is 0 Å². The molecule has 2 aliphatic carbocycles. The lowest BCUT2D eigenvalue weighted by atomic mass is 9.79. The maximum Gasteiger partial charge on any atom is 0.296 e. The van der Waals surface area contributed by atoms with Crippen LogP contribution in [-0.4, -0.2) is 112 Å². The van der Waals surface area contributed by atoms with Crippen molar-refractivity contribution in [2.24, 2.45) is 27.1 Å². The summed E-state index contributed by atoms with van der Waals surface area (Å²) in [7, 11) is -6.34. The molecule has 0 aromatic carbocycles. The van der Waals surface area contributed by atoms with Gasteiger partial charge in [-0.25, -0.2) is 31.5 Å². The number of nitrogens with zero attached hydrogens (tertiary/aromatic N) is 3. The van der Waals surface area contributed by atoms with E-state index in [0.29, 0.717) is 6.42 Å². The molecule has 1 heterocycles. The summed E-state index contributed by atoms with van der Waals surface area (Å²) in [5.41, 5.74) is 5.62. The summed E-state index contributed by atoms with van der Waals surface area (Å²) in [6.45, 7) is 94.0. The van der Waals surface area contributed by atoms with Gasteiger partial charge in [0.2, 0.25) is 27.6 Å². The number of Topliss-reactive ketones (excluding diaryl/α,β-unsaturated/α-hetero) is 1. The summed E-state index contributed by atoms with van der Waals surface area (Å²) in [4.78, 5) is 75.1. The Morgan fingerprint density at radius 1 is 0.562 bits per heavy atom. The lowest BCUT2D eigenvalue weighted by Gasteiger charge is -2.34. The van der Waals surface area contributed by atoms with Crippen LogP contribution in [-0.2, 0) is 54.0 Å². The number of aliphatic hydroxyl groups excluding tert-OH is 1. The van der Waals surface area contributed by atoms with E-state index in [0.717, 1.165) is 35.3 Å². The average Bonchev–Trinajstić information content (AvgIpc) is 1.09. The molecular formula is C93H166N6O11S2. The first-order valence-electron chi connectivity index (χ1n) is 37.7. The number of allylic oxidation sites excluding steroid dienone is 8. The highest BCUT2D eigenvalue weighted by Crippen LogP contribution is 2.36. The smallest absolute Gasteiger partial charge is 0.296 e. The number of terminal acetylenes is 2. The second kappa shape index (κ2) is 57.0. The van der Waals surface area contributed by atoms with Crippen molar-refractivity contribution in [3.8, 4) is 24.7 Å². The van der Waals surface area contributed by atoms with E-state index < -0.39 is 30.1 Å². The summed E-state index contributed by atoms with van der Waals surface area (Å²) >= 11 is 0. The second-order valence-corrected chi connectivity index (χ2v) is 41.7. The number of hydrogen-bond donors (Lipinski definition) is 4. The molecule has 0 unspecified atom stereocenters. The fourth-order valence-electron chi connectivity index (χ4n) is 7.56. The van der Waals surface area contributed by atoms with Crippen LogP contribution < -0.4 is 15.4 Å². The molecule has 0 bridgehead atoms. The highest BCUT2D eigenvalue weighted by molar-refractivity contribution is 7.95. The quantitative estimate of drug-likeness (QED) is 0.0815. The van der Waals surface area contributed by atoms with Crippen molar-refractivity contribution in [2.45, 2.75) is 347 Å². The van der Waals surface area contributed by atoms with Gasteiger partial charge in [-0.1, -0.05) is 211 Å². The van der Waals surface area contributed by atoms with Crippen molar-refractivity contribution in [3.63, 3.8) is 0 Å². The Balaban J connectivity index is -0.000000128. The first-order valence-corrected chi connectivity index (χ1v) is 40.8. The Labute approximate surface area is 689 Å². The number of rotatable bonds is 13. The number of carbonyl (C=O) groups is 6. The van der Waals surface area contributed by atoms with Crippen molar-refractivity contribution >= 4 is 54.9 Å². The first kappa shape index (κ1) is 126. The summed E-state index contributed by atoms with van der Waals surface area (Å²) in [5.74, 6) is 4.48. The van der Waals surface area contributed by atoms with Crippen LogP contribution in [0.25, 0.3) is 0 Å². The minimum atomic E-state index is -3.26. The number of carbonyl (C=O) groups excluding carboxylic acids is 6. The molecule has 1 aromatic heterocycles. The standard InChI is InChI=1S/C12H20.C11H18.C10H19NO.C9H14N2.C9H16O2.C7H13NO.C7H11NO.C7H12O.C7H10O.C6H13NO2S.C6H12O2S.2CH4/c1-10(12(2,3)4)11-8-6-5-7-9-11;1-9(11(2,3)4)10-7-5-6-8-10;1-6-8-11(9(12)7-2)10(3,4)5;1-7-10-6-5-8(11-7)9(2,3)4;1-9(2,3)8(11)6-4-5-7-10;2*1-5-6(9)8-7(2,3)4;2*1-5-6(8)7(2,3)4;1-5-10(8,9)7-6(2,3)4;1-5-9(7,8)6(2,3)4;;/h8H,1,5-7,9H2,2-4H3;7H,1,5-6,8H2,2-4H3;7H,2,6,8H2,1,3-5H3;5-6H,1-4H3;4,6,10H,5,7H2,1-3H3;5H,1H2,2-4H3,(H,8,9);1H,2-4H3,(H,8,9);5H,1H2,2-4H3;1H,2-4H3;5,7H,1H2,2-4H3;5H,1H2,2-4H3;2*1H4/b;;;;6-4+;;;;;;;;. The molecule has 0 spiro atoms. The summed E-state index contributed by atoms with van der Waals surface area (Å²) in [5, 5.41) is 15.6. The van der Waals surface area contributed by atoms with E-state index in [9.17, 15) is 45.6 Å². The largest absolute Gasteiger partial charge is 0.396 e. The normalized spacial score (nSPS) is 12.7. The monoisotopic (exact) mass is 1610 g/mol. The maximum absolute atomic E-state index is 11.4. The molecule has 2 aliphatic rings. The molecule has 0 saturated carbocycles.